The molecule has 30 heavy (non-hydrogen) atoms. The van der Waals surface area contributed by atoms with Crippen molar-refractivity contribution >= 4 is 66.9 Å². The number of morpholine rings is 1. The Morgan fingerprint density at radius 1 is 1.20 bits per heavy atom. The molecule has 0 bridgehead atoms. The first kappa shape index (κ1) is 21.2. The number of aromatic amines is 1. The number of hydrogen-bond donors (Lipinski definition) is 2. The van der Waals surface area contributed by atoms with Gasteiger partial charge in [0.2, 0.25) is 5.95 Å². The van der Waals surface area contributed by atoms with Crippen molar-refractivity contribution in [1.29, 1.82) is 0 Å². The summed E-state index contributed by atoms with van der Waals surface area (Å²) in [5, 5.41) is 4.23. The van der Waals surface area contributed by atoms with Gasteiger partial charge in [-0.2, -0.15) is 4.98 Å². The average molecular weight is 447 g/mol. The first-order valence-corrected chi connectivity index (χ1v) is 10.6. The quantitative estimate of drug-likeness (QED) is 0.467. The van der Waals surface area contributed by atoms with Gasteiger partial charge in [0.15, 0.2) is 11.2 Å². The predicted octanol–water partition coefficient (Wildman–Crippen LogP) is -1.11. The van der Waals surface area contributed by atoms with Crippen LogP contribution in [-0.4, -0.2) is 73.0 Å². The van der Waals surface area contributed by atoms with Gasteiger partial charge >= 0.3 is 0 Å². The van der Waals surface area contributed by atoms with Crippen LogP contribution >= 0.6 is 23.2 Å². The Morgan fingerprint density at radius 3 is 2.73 bits per heavy atom. The Bertz CT molecular complexity index is 1130. The van der Waals surface area contributed by atoms with Crippen molar-refractivity contribution in [3.05, 3.63) is 38.4 Å². The van der Waals surface area contributed by atoms with Crippen LogP contribution in [0, 0.1) is 0 Å². The predicted molar refractivity (Wildman–Crippen MR) is 126 cm³/mol. The number of H-pyrrole nitrogens is 1. The minimum Gasteiger partial charge on any atom is -0.379 e. The monoisotopic (exact) mass is 446 g/mol. The number of benzene rings is 1. The molecular weight excluding hydrogens is 425 g/mol. The van der Waals surface area contributed by atoms with Crippen molar-refractivity contribution in [2.45, 2.75) is 13.1 Å². The number of rotatable bonds is 6. The van der Waals surface area contributed by atoms with Crippen LogP contribution in [0.15, 0.2) is 17.2 Å². The molecule has 4 rings (SSSR count). The van der Waals surface area contributed by atoms with Gasteiger partial charge in [-0.05, 0) is 11.6 Å². The second kappa shape index (κ2) is 9.01. The molecule has 1 aromatic carbocycles. The second-order valence-corrected chi connectivity index (χ2v) is 8.20. The van der Waals surface area contributed by atoms with Gasteiger partial charge in [-0.3, -0.25) is 14.7 Å². The van der Waals surface area contributed by atoms with E-state index in [0.29, 0.717) is 40.2 Å². The van der Waals surface area contributed by atoms with Crippen LogP contribution in [-0.2, 0) is 17.8 Å². The summed E-state index contributed by atoms with van der Waals surface area (Å²) in [6.07, 6.45) is 1.67. The third-order valence-corrected chi connectivity index (χ3v) is 6.46. The minimum atomic E-state index is -0.219. The largest absolute Gasteiger partial charge is 0.379 e. The highest BCUT2D eigenvalue weighted by atomic mass is 35.5. The van der Waals surface area contributed by atoms with Gasteiger partial charge in [0.05, 0.1) is 29.6 Å². The maximum Gasteiger partial charge on any atom is 0.278 e. The van der Waals surface area contributed by atoms with E-state index in [-0.39, 0.29) is 5.56 Å². The zero-order chi connectivity index (χ0) is 21.3. The highest BCUT2D eigenvalue weighted by Gasteiger charge is 2.14. The zero-order valence-corrected chi connectivity index (χ0v) is 18.5. The van der Waals surface area contributed by atoms with Crippen molar-refractivity contribution in [1.82, 2.24) is 24.4 Å². The summed E-state index contributed by atoms with van der Waals surface area (Å²) in [6.45, 7) is 5.28. The molecule has 3 aromatic rings. The Balaban J connectivity index is 1.49. The van der Waals surface area contributed by atoms with Gasteiger partial charge in [-0.15, -0.1) is 0 Å². The fourth-order valence-electron chi connectivity index (χ4n) is 3.58. The summed E-state index contributed by atoms with van der Waals surface area (Å²) in [5.74, 6) is 0.369. The number of aromatic nitrogens is 4. The minimum absolute atomic E-state index is 0.219. The van der Waals surface area contributed by atoms with Crippen LogP contribution in [0.1, 0.15) is 5.56 Å². The SMILES string of the molecule is Bc1c(CNc2nc3ncn(CCN4CCOCC4)c3c(=O)[nH]2)cc(Cl)c(Cl)c1B. The lowest BCUT2D eigenvalue weighted by molar-refractivity contribution is 0.0365. The van der Waals surface area contributed by atoms with E-state index in [1.807, 2.05) is 26.3 Å². The summed E-state index contributed by atoms with van der Waals surface area (Å²) in [7, 11) is 3.92. The van der Waals surface area contributed by atoms with Crippen molar-refractivity contribution in [3.63, 3.8) is 0 Å². The Labute approximate surface area is 185 Å². The molecule has 3 heterocycles. The Kier molecular flexibility index (Phi) is 6.38. The van der Waals surface area contributed by atoms with Crippen LogP contribution in [0.3, 0.4) is 0 Å². The first-order chi connectivity index (χ1) is 14.4. The molecule has 0 spiro atoms. The Morgan fingerprint density at radius 2 is 1.97 bits per heavy atom. The van der Waals surface area contributed by atoms with Crippen LogP contribution in [0.4, 0.5) is 5.95 Å². The molecule has 1 aliphatic rings. The Hall–Kier alpha value is -2.00. The van der Waals surface area contributed by atoms with E-state index in [4.69, 9.17) is 27.9 Å². The first-order valence-electron chi connectivity index (χ1n) is 9.87. The summed E-state index contributed by atoms with van der Waals surface area (Å²) in [4.78, 5) is 26.6. The molecule has 12 heteroatoms. The van der Waals surface area contributed by atoms with E-state index in [1.165, 1.54) is 0 Å². The van der Waals surface area contributed by atoms with Crippen molar-refractivity contribution in [2.24, 2.45) is 0 Å². The standard InChI is InChI=1S/C18H22B2Cl2N6O2/c19-12-10(7-11(21)14(22)13(12)20)8-23-18-25-16-15(17(29)26-18)28(9-24-16)2-1-27-3-5-30-6-4-27/h7,9H,1-6,8,19-20H2,(H2,23,25,26,29). The molecule has 156 valence electrons. The fourth-order valence-corrected chi connectivity index (χ4v) is 4.05. The molecule has 1 aliphatic heterocycles. The van der Waals surface area contributed by atoms with E-state index in [0.717, 1.165) is 49.3 Å². The lowest BCUT2D eigenvalue weighted by atomic mass is 9.77. The van der Waals surface area contributed by atoms with Gasteiger partial charge in [-0.25, -0.2) is 4.98 Å². The maximum atomic E-state index is 12.7. The number of imidazole rings is 1. The van der Waals surface area contributed by atoms with E-state index in [1.54, 1.807) is 6.33 Å². The van der Waals surface area contributed by atoms with Crippen LogP contribution in [0.2, 0.25) is 10.0 Å². The van der Waals surface area contributed by atoms with Gasteiger partial charge < -0.3 is 14.6 Å². The highest BCUT2D eigenvalue weighted by Crippen LogP contribution is 2.19. The molecule has 1 saturated heterocycles. The van der Waals surface area contributed by atoms with Gasteiger partial charge in [0.1, 0.15) is 15.7 Å². The molecule has 2 aromatic heterocycles. The van der Waals surface area contributed by atoms with Gasteiger partial charge in [-0.1, -0.05) is 34.1 Å². The van der Waals surface area contributed by atoms with Gasteiger partial charge in [0.25, 0.3) is 5.56 Å². The normalized spacial score (nSPS) is 15.0. The molecule has 0 radical (unpaired) electrons. The lowest BCUT2D eigenvalue weighted by Gasteiger charge is -2.26. The molecule has 0 amide bonds. The third kappa shape index (κ3) is 4.37. The summed E-state index contributed by atoms with van der Waals surface area (Å²) in [5.41, 5.74) is 3.66. The van der Waals surface area contributed by atoms with Crippen LogP contribution < -0.4 is 21.8 Å². The highest BCUT2D eigenvalue weighted by molar-refractivity contribution is 6.57. The molecule has 8 nitrogen and oxygen atoms in total. The number of halogens is 2. The summed E-state index contributed by atoms with van der Waals surface area (Å²) < 4.78 is 7.23. The van der Waals surface area contributed by atoms with Crippen molar-refractivity contribution in [2.75, 3.05) is 38.2 Å². The molecule has 0 atom stereocenters. The third-order valence-electron chi connectivity index (χ3n) is 5.57. The smallest absolute Gasteiger partial charge is 0.278 e. The number of fused-ring (bicyclic) bond motifs is 1. The van der Waals surface area contributed by atoms with Gasteiger partial charge in [0, 0.05) is 32.7 Å². The van der Waals surface area contributed by atoms with Crippen molar-refractivity contribution < 1.29 is 4.74 Å². The topological polar surface area (TPSA) is 88.1 Å². The maximum absolute atomic E-state index is 12.7. The van der Waals surface area contributed by atoms with Crippen LogP contribution in [0.5, 0.6) is 0 Å². The van der Waals surface area contributed by atoms with E-state index >= 15 is 0 Å². The number of ether oxygens (including phenoxy) is 1. The summed E-state index contributed by atoms with van der Waals surface area (Å²) >= 11 is 12.4. The molecule has 0 aliphatic carbocycles. The second-order valence-electron chi connectivity index (χ2n) is 7.41. The number of anilines is 1. The molecule has 1 fully saturated rings. The van der Waals surface area contributed by atoms with Crippen molar-refractivity contribution in [3.8, 4) is 0 Å². The zero-order valence-electron chi connectivity index (χ0n) is 17.0. The molecule has 0 unspecified atom stereocenters. The van der Waals surface area contributed by atoms with E-state index < -0.39 is 0 Å². The number of hydrogen-bond acceptors (Lipinski definition) is 6. The van der Waals surface area contributed by atoms with Crippen LogP contribution in [0.25, 0.3) is 11.2 Å². The average Bonchev–Trinajstić information content (AvgIpc) is 3.16. The molecule has 2 N–H and O–H groups in total. The number of nitrogens with zero attached hydrogens (tertiary/aromatic N) is 4. The van der Waals surface area contributed by atoms with E-state index in [2.05, 4.69) is 25.2 Å². The number of nitrogens with one attached hydrogen (secondary N) is 2. The molecular formula is C18H22B2Cl2N6O2. The van der Waals surface area contributed by atoms with E-state index in [9.17, 15) is 4.79 Å². The summed E-state index contributed by atoms with van der Waals surface area (Å²) in [6, 6.07) is 1.83. The molecule has 0 saturated carbocycles. The fraction of sp³-hybridized carbons (Fsp3) is 0.389. The lowest BCUT2D eigenvalue weighted by Crippen LogP contribution is -2.38.